The second kappa shape index (κ2) is 6.70. The number of benzene rings is 1. The molecule has 0 saturated heterocycles. The summed E-state index contributed by atoms with van der Waals surface area (Å²) in [7, 11) is 1.66. The van der Waals surface area contributed by atoms with Crippen molar-refractivity contribution in [3.8, 4) is 17.1 Å². The maximum atomic E-state index is 5.15. The number of methoxy groups -OCH3 is 1. The van der Waals surface area contributed by atoms with Crippen molar-refractivity contribution >= 4 is 28.4 Å². The van der Waals surface area contributed by atoms with Gasteiger partial charge in [-0.3, -0.25) is 0 Å². The Labute approximate surface area is 126 Å². The van der Waals surface area contributed by atoms with Crippen molar-refractivity contribution in [2.24, 2.45) is 0 Å². The summed E-state index contributed by atoms with van der Waals surface area (Å²) in [6.45, 7) is 3.04. The van der Waals surface area contributed by atoms with Gasteiger partial charge in [0.15, 0.2) is 5.82 Å². The number of hydrogen-bond donors (Lipinski definition) is 1. The Morgan fingerprint density at radius 2 is 2.00 bits per heavy atom. The van der Waals surface area contributed by atoms with Gasteiger partial charge in [0.05, 0.1) is 10.7 Å². The van der Waals surface area contributed by atoms with Gasteiger partial charge in [0, 0.05) is 18.3 Å². The third-order valence-corrected chi connectivity index (χ3v) is 3.42. The number of aromatic nitrogens is 2. The largest absolute Gasteiger partial charge is 0.497 e. The van der Waals surface area contributed by atoms with E-state index in [1.165, 1.54) is 0 Å². The molecule has 0 atom stereocenters. The monoisotopic (exact) mass is 369 g/mol. The molecule has 100 valence electrons. The molecule has 0 amide bonds. The lowest BCUT2D eigenvalue weighted by molar-refractivity contribution is 0.415. The summed E-state index contributed by atoms with van der Waals surface area (Å²) >= 11 is 2.24. The topological polar surface area (TPSA) is 47.0 Å². The molecule has 2 aromatic rings. The molecule has 0 spiro atoms. The van der Waals surface area contributed by atoms with Crippen molar-refractivity contribution in [3.05, 3.63) is 34.0 Å². The summed E-state index contributed by atoms with van der Waals surface area (Å²) in [6.07, 6.45) is 2.91. The first-order valence-electron chi connectivity index (χ1n) is 6.15. The zero-order chi connectivity index (χ0) is 13.7. The third-order valence-electron chi connectivity index (χ3n) is 2.63. The molecule has 1 aromatic heterocycles. The van der Waals surface area contributed by atoms with Crippen LogP contribution in [0.2, 0.25) is 0 Å². The summed E-state index contributed by atoms with van der Waals surface area (Å²) in [4.78, 5) is 8.94. The predicted octanol–water partition coefficient (Wildman–Crippen LogP) is 3.58. The Bertz CT molecular complexity index is 543. The second-order valence-electron chi connectivity index (χ2n) is 4.05. The highest BCUT2D eigenvalue weighted by atomic mass is 127. The maximum Gasteiger partial charge on any atom is 0.161 e. The van der Waals surface area contributed by atoms with E-state index in [1.807, 2.05) is 30.5 Å². The van der Waals surface area contributed by atoms with E-state index in [4.69, 9.17) is 4.74 Å². The van der Waals surface area contributed by atoms with Crippen molar-refractivity contribution < 1.29 is 4.74 Å². The molecule has 1 heterocycles. The van der Waals surface area contributed by atoms with Crippen LogP contribution in [0.4, 0.5) is 5.82 Å². The molecule has 0 aliphatic rings. The van der Waals surface area contributed by atoms with Crippen molar-refractivity contribution in [1.29, 1.82) is 0 Å². The van der Waals surface area contributed by atoms with Gasteiger partial charge < -0.3 is 10.1 Å². The van der Waals surface area contributed by atoms with Crippen LogP contribution in [0, 0.1) is 3.57 Å². The van der Waals surface area contributed by atoms with Crippen LogP contribution in [0.15, 0.2) is 30.5 Å². The predicted molar refractivity (Wildman–Crippen MR) is 85.5 cm³/mol. The number of ether oxygens (including phenoxy) is 1. The molecule has 0 unspecified atom stereocenters. The van der Waals surface area contributed by atoms with Gasteiger partial charge >= 0.3 is 0 Å². The van der Waals surface area contributed by atoms with Crippen LogP contribution in [0.3, 0.4) is 0 Å². The van der Waals surface area contributed by atoms with Gasteiger partial charge in [-0.05, 0) is 53.3 Å². The van der Waals surface area contributed by atoms with E-state index in [-0.39, 0.29) is 0 Å². The quantitative estimate of drug-likeness (QED) is 0.819. The smallest absolute Gasteiger partial charge is 0.161 e. The van der Waals surface area contributed by atoms with E-state index in [0.717, 1.165) is 39.5 Å². The van der Waals surface area contributed by atoms with Gasteiger partial charge in [0.1, 0.15) is 11.6 Å². The third kappa shape index (κ3) is 3.56. The standard InChI is InChI=1S/C14H16IN3O/c1-3-8-16-14-12(15)9-17-13(18-14)10-4-6-11(19-2)7-5-10/h4-7,9H,3,8H2,1-2H3,(H,16,17,18). The average Bonchev–Trinajstić information content (AvgIpc) is 2.46. The van der Waals surface area contributed by atoms with Crippen LogP contribution in [-0.2, 0) is 0 Å². The number of rotatable bonds is 5. The van der Waals surface area contributed by atoms with Gasteiger partial charge in [-0.15, -0.1) is 0 Å². The second-order valence-corrected chi connectivity index (χ2v) is 5.21. The number of halogens is 1. The van der Waals surface area contributed by atoms with Crippen LogP contribution in [0.25, 0.3) is 11.4 Å². The Hall–Kier alpha value is -1.37. The molecule has 5 heteroatoms. The first-order chi connectivity index (χ1) is 9.24. The zero-order valence-corrected chi connectivity index (χ0v) is 13.1. The molecule has 2 rings (SSSR count). The highest BCUT2D eigenvalue weighted by Gasteiger charge is 2.06. The number of anilines is 1. The van der Waals surface area contributed by atoms with E-state index in [1.54, 1.807) is 7.11 Å². The lowest BCUT2D eigenvalue weighted by Gasteiger charge is -2.08. The average molecular weight is 369 g/mol. The van der Waals surface area contributed by atoms with Gasteiger partial charge in [-0.1, -0.05) is 6.92 Å². The van der Waals surface area contributed by atoms with Crippen LogP contribution < -0.4 is 10.1 Å². The molecule has 0 aliphatic heterocycles. The minimum Gasteiger partial charge on any atom is -0.497 e. The fraction of sp³-hybridized carbons (Fsp3) is 0.286. The Morgan fingerprint density at radius 1 is 1.26 bits per heavy atom. The van der Waals surface area contributed by atoms with E-state index < -0.39 is 0 Å². The van der Waals surface area contributed by atoms with Crippen molar-refractivity contribution in [2.75, 3.05) is 19.0 Å². The lowest BCUT2D eigenvalue weighted by Crippen LogP contribution is -2.05. The summed E-state index contributed by atoms with van der Waals surface area (Å²) in [5.74, 6) is 2.45. The molecule has 4 nitrogen and oxygen atoms in total. The van der Waals surface area contributed by atoms with Crippen LogP contribution in [0.5, 0.6) is 5.75 Å². The van der Waals surface area contributed by atoms with E-state index in [0.29, 0.717) is 0 Å². The Balaban J connectivity index is 2.28. The van der Waals surface area contributed by atoms with E-state index in [2.05, 4.69) is 44.8 Å². The summed E-state index contributed by atoms with van der Waals surface area (Å²) in [5.41, 5.74) is 0.983. The normalized spacial score (nSPS) is 10.3. The highest BCUT2D eigenvalue weighted by molar-refractivity contribution is 14.1. The molecular weight excluding hydrogens is 353 g/mol. The molecule has 0 fully saturated rings. The molecule has 0 aliphatic carbocycles. The molecule has 1 N–H and O–H groups in total. The van der Waals surface area contributed by atoms with Gasteiger partial charge in [0.2, 0.25) is 0 Å². The number of nitrogens with one attached hydrogen (secondary N) is 1. The van der Waals surface area contributed by atoms with Gasteiger partial charge in [0.25, 0.3) is 0 Å². The van der Waals surface area contributed by atoms with Gasteiger partial charge in [-0.2, -0.15) is 0 Å². The van der Waals surface area contributed by atoms with E-state index in [9.17, 15) is 0 Å². The molecule has 0 saturated carbocycles. The van der Waals surface area contributed by atoms with Gasteiger partial charge in [-0.25, -0.2) is 9.97 Å². The first-order valence-corrected chi connectivity index (χ1v) is 7.23. The van der Waals surface area contributed by atoms with Crippen molar-refractivity contribution in [1.82, 2.24) is 9.97 Å². The summed E-state index contributed by atoms with van der Waals surface area (Å²) in [6, 6.07) is 7.75. The molecule has 1 aromatic carbocycles. The molecular formula is C14H16IN3O. The fourth-order valence-electron chi connectivity index (χ4n) is 1.61. The first kappa shape index (κ1) is 14.0. The van der Waals surface area contributed by atoms with Crippen molar-refractivity contribution in [2.45, 2.75) is 13.3 Å². The minimum absolute atomic E-state index is 0.724. The maximum absolute atomic E-state index is 5.15. The van der Waals surface area contributed by atoms with Crippen LogP contribution in [0.1, 0.15) is 13.3 Å². The zero-order valence-electron chi connectivity index (χ0n) is 11.0. The Morgan fingerprint density at radius 3 is 2.63 bits per heavy atom. The molecule has 0 radical (unpaired) electrons. The fourth-order valence-corrected chi connectivity index (χ4v) is 2.06. The lowest BCUT2D eigenvalue weighted by atomic mass is 10.2. The van der Waals surface area contributed by atoms with Crippen molar-refractivity contribution in [3.63, 3.8) is 0 Å². The minimum atomic E-state index is 0.724. The molecule has 0 bridgehead atoms. The van der Waals surface area contributed by atoms with Crippen LogP contribution in [-0.4, -0.2) is 23.6 Å². The highest BCUT2D eigenvalue weighted by Crippen LogP contribution is 2.22. The number of nitrogens with zero attached hydrogens (tertiary/aromatic N) is 2. The van der Waals surface area contributed by atoms with E-state index >= 15 is 0 Å². The summed E-state index contributed by atoms with van der Waals surface area (Å²) in [5, 5.41) is 3.31. The molecule has 19 heavy (non-hydrogen) atoms. The summed E-state index contributed by atoms with van der Waals surface area (Å²) < 4.78 is 6.18. The van der Waals surface area contributed by atoms with Crippen LogP contribution >= 0.6 is 22.6 Å². The Kier molecular flexibility index (Phi) is 4.95. The SMILES string of the molecule is CCCNc1nc(-c2ccc(OC)cc2)ncc1I. The number of hydrogen-bond acceptors (Lipinski definition) is 4.